The maximum atomic E-state index is 5.81. The van der Waals surface area contributed by atoms with Crippen molar-refractivity contribution in [1.82, 2.24) is 5.32 Å². The van der Waals surface area contributed by atoms with Crippen LogP contribution < -0.4 is 11.1 Å². The first-order valence-corrected chi connectivity index (χ1v) is 6.96. The lowest BCUT2D eigenvalue weighted by atomic mass is 9.88. The van der Waals surface area contributed by atoms with Crippen molar-refractivity contribution in [3.63, 3.8) is 0 Å². The molecule has 0 aliphatic heterocycles. The molecule has 0 spiro atoms. The number of hydrogen-bond donors (Lipinski definition) is 2. The summed E-state index contributed by atoms with van der Waals surface area (Å²) in [5.41, 5.74) is 6.37. The molecule has 0 radical (unpaired) electrons. The quantitative estimate of drug-likeness (QED) is 0.700. The van der Waals surface area contributed by atoms with E-state index in [1.165, 1.54) is 38.6 Å². The summed E-state index contributed by atoms with van der Waals surface area (Å²) in [6, 6.07) is 0. The molecule has 0 amide bonds. The van der Waals surface area contributed by atoms with Gasteiger partial charge in [0.15, 0.2) is 0 Å². The number of hydrogen-bond acceptors (Lipinski definition) is 2. The summed E-state index contributed by atoms with van der Waals surface area (Å²) in [5, 5.41) is 3.64. The lowest BCUT2D eigenvalue weighted by Crippen LogP contribution is -2.35. The Kier molecular flexibility index (Phi) is 5.77. The molecule has 0 aromatic heterocycles. The Morgan fingerprint density at radius 2 is 1.88 bits per heavy atom. The van der Waals surface area contributed by atoms with E-state index < -0.39 is 0 Å². The first kappa shape index (κ1) is 14.0. The third-order valence-corrected chi connectivity index (χ3v) is 3.93. The third kappa shape index (κ3) is 4.84. The van der Waals surface area contributed by atoms with Gasteiger partial charge in [0.2, 0.25) is 0 Å². The minimum atomic E-state index is 0.566. The van der Waals surface area contributed by atoms with Crippen LogP contribution in [0.4, 0.5) is 0 Å². The average Bonchev–Trinajstić information content (AvgIpc) is 2.63. The van der Waals surface area contributed by atoms with Gasteiger partial charge in [0.05, 0.1) is 0 Å². The highest BCUT2D eigenvalue weighted by Crippen LogP contribution is 2.36. The van der Waals surface area contributed by atoms with Gasteiger partial charge >= 0.3 is 0 Å². The van der Waals surface area contributed by atoms with E-state index in [-0.39, 0.29) is 0 Å². The predicted molar refractivity (Wildman–Crippen MR) is 71.4 cm³/mol. The molecular formula is C14H30N2. The highest BCUT2D eigenvalue weighted by molar-refractivity contribution is 4.82. The van der Waals surface area contributed by atoms with Gasteiger partial charge in [-0.3, -0.25) is 0 Å². The molecule has 0 bridgehead atoms. The van der Waals surface area contributed by atoms with E-state index in [0.717, 1.165) is 19.0 Å². The smallest absolute Gasteiger partial charge is 0.000528 e. The van der Waals surface area contributed by atoms with Crippen LogP contribution in [0, 0.1) is 17.3 Å². The van der Waals surface area contributed by atoms with Gasteiger partial charge in [-0.2, -0.15) is 0 Å². The Balaban J connectivity index is 2.17. The average molecular weight is 226 g/mol. The van der Waals surface area contributed by atoms with E-state index in [4.69, 9.17) is 5.73 Å². The second-order valence-electron chi connectivity index (χ2n) is 6.38. The second-order valence-corrected chi connectivity index (χ2v) is 6.38. The molecule has 2 heteroatoms. The van der Waals surface area contributed by atoms with E-state index in [2.05, 4.69) is 26.1 Å². The van der Waals surface area contributed by atoms with E-state index in [1.54, 1.807) is 0 Å². The normalized spacial score (nSPS) is 21.6. The van der Waals surface area contributed by atoms with Crippen LogP contribution in [0.5, 0.6) is 0 Å². The van der Waals surface area contributed by atoms with Gasteiger partial charge in [0, 0.05) is 6.54 Å². The molecule has 16 heavy (non-hydrogen) atoms. The molecule has 96 valence electrons. The Morgan fingerprint density at radius 3 is 2.38 bits per heavy atom. The zero-order chi connectivity index (χ0) is 12.0. The summed E-state index contributed by atoms with van der Waals surface area (Å²) in [4.78, 5) is 0. The van der Waals surface area contributed by atoms with Crippen LogP contribution in [-0.4, -0.2) is 19.6 Å². The minimum absolute atomic E-state index is 0.566. The van der Waals surface area contributed by atoms with Crippen molar-refractivity contribution in [3.8, 4) is 0 Å². The Labute approximate surface area is 101 Å². The van der Waals surface area contributed by atoms with Crippen LogP contribution >= 0.6 is 0 Å². The van der Waals surface area contributed by atoms with Crippen molar-refractivity contribution in [2.45, 2.75) is 52.9 Å². The van der Waals surface area contributed by atoms with Gasteiger partial charge in [0.1, 0.15) is 0 Å². The molecule has 0 aromatic carbocycles. The fourth-order valence-electron chi connectivity index (χ4n) is 2.91. The number of nitrogens with one attached hydrogen (secondary N) is 1. The van der Waals surface area contributed by atoms with Crippen molar-refractivity contribution >= 4 is 0 Å². The molecule has 1 unspecified atom stereocenters. The Morgan fingerprint density at radius 1 is 1.25 bits per heavy atom. The highest BCUT2D eigenvalue weighted by Gasteiger charge is 2.28. The number of rotatable bonds is 7. The maximum absolute atomic E-state index is 5.81. The Hall–Kier alpha value is -0.0800. The molecule has 2 nitrogen and oxygen atoms in total. The predicted octanol–water partition coefficient (Wildman–Crippen LogP) is 2.78. The summed E-state index contributed by atoms with van der Waals surface area (Å²) >= 11 is 0. The molecule has 0 aromatic rings. The van der Waals surface area contributed by atoms with Crippen molar-refractivity contribution in [3.05, 3.63) is 0 Å². The molecule has 1 rings (SSSR count). The van der Waals surface area contributed by atoms with Gasteiger partial charge in [-0.15, -0.1) is 0 Å². The van der Waals surface area contributed by atoms with Gasteiger partial charge in [-0.1, -0.05) is 33.6 Å². The zero-order valence-corrected chi connectivity index (χ0v) is 11.4. The van der Waals surface area contributed by atoms with Crippen LogP contribution in [0.25, 0.3) is 0 Å². The fraction of sp³-hybridized carbons (Fsp3) is 1.00. The largest absolute Gasteiger partial charge is 0.330 e. The molecule has 1 saturated carbocycles. The van der Waals surface area contributed by atoms with Crippen molar-refractivity contribution in [2.75, 3.05) is 19.6 Å². The van der Waals surface area contributed by atoms with Crippen molar-refractivity contribution < 1.29 is 0 Å². The van der Waals surface area contributed by atoms with Crippen LogP contribution in [-0.2, 0) is 0 Å². The first-order valence-electron chi connectivity index (χ1n) is 6.96. The van der Waals surface area contributed by atoms with Crippen LogP contribution in [0.15, 0.2) is 0 Å². The van der Waals surface area contributed by atoms with E-state index in [1.807, 2.05) is 0 Å². The van der Waals surface area contributed by atoms with Crippen LogP contribution in [0.3, 0.4) is 0 Å². The zero-order valence-electron chi connectivity index (χ0n) is 11.4. The van der Waals surface area contributed by atoms with E-state index in [9.17, 15) is 0 Å². The molecule has 0 heterocycles. The fourth-order valence-corrected chi connectivity index (χ4v) is 2.91. The van der Waals surface area contributed by atoms with Gasteiger partial charge in [-0.05, 0) is 49.6 Å². The van der Waals surface area contributed by atoms with E-state index >= 15 is 0 Å². The lowest BCUT2D eigenvalue weighted by molar-refractivity contribution is 0.296. The molecule has 1 aliphatic carbocycles. The highest BCUT2D eigenvalue weighted by atomic mass is 14.9. The summed E-state index contributed by atoms with van der Waals surface area (Å²) in [6.45, 7) is 10.1. The van der Waals surface area contributed by atoms with Crippen molar-refractivity contribution in [2.24, 2.45) is 23.0 Å². The summed E-state index contributed by atoms with van der Waals surface area (Å²) in [7, 11) is 0. The first-order chi connectivity index (χ1) is 7.56. The molecular weight excluding hydrogens is 196 g/mol. The van der Waals surface area contributed by atoms with Gasteiger partial charge in [-0.25, -0.2) is 0 Å². The maximum Gasteiger partial charge on any atom is 0.000528 e. The molecule has 1 atom stereocenters. The van der Waals surface area contributed by atoms with E-state index in [0.29, 0.717) is 11.3 Å². The second kappa shape index (κ2) is 6.61. The van der Waals surface area contributed by atoms with Crippen LogP contribution in [0.1, 0.15) is 52.9 Å². The molecule has 1 aliphatic rings. The lowest BCUT2D eigenvalue weighted by Gasteiger charge is -2.26. The van der Waals surface area contributed by atoms with Gasteiger partial charge < -0.3 is 11.1 Å². The molecule has 0 saturated heterocycles. The standard InChI is InChI=1S/C14H30N2/c1-12(2)8-13(9-15)10-16-11-14(3)6-4-5-7-14/h12-13,16H,4-11,15H2,1-3H3. The summed E-state index contributed by atoms with van der Waals surface area (Å²) < 4.78 is 0. The third-order valence-electron chi connectivity index (χ3n) is 3.93. The summed E-state index contributed by atoms with van der Waals surface area (Å²) in [5.74, 6) is 1.42. The molecule has 1 fully saturated rings. The van der Waals surface area contributed by atoms with Crippen molar-refractivity contribution in [1.29, 1.82) is 0 Å². The number of nitrogens with two attached hydrogens (primary N) is 1. The summed E-state index contributed by atoms with van der Waals surface area (Å²) in [6.07, 6.45) is 6.89. The van der Waals surface area contributed by atoms with Crippen LogP contribution in [0.2, 0.25) is 0 Å². The topological polar surface area (TPSA) is 38.0 Å². The van der Waals surface area contributed by atoms with Gasteiger partial charge in [0.25, 0.3) is 0 Å². The SMILES string of the molecule is CC(C)CC(CN)CNCC1(C)CCCC1. The minimum Gasteiger partial charge on any atom is -0.330 e. The monoisotopic (exact) mass is 226 g/mol. The molecule has 3 N–H and O–H groups in total. The Bertz CT molecular complexity index is 183.